The van der Waals surface area contributed by atoms with E-state index in [2.05, 4.69) is 15.9 Å². The summed E-state index contributed by atoms with van der Waals surface area (Å²) in [7, 11) is 1.41. The second kappa shape index (κ2) is 6.68. The van der Waals surface area contributed by atoms with Crippen molar-refractivity contribution in [3.8, 4) is 11.5 Å². The Kier molecular flexibility index (Phi) is 4.92. The number of nitro groups is 1. The van der Waals surface area contributed by atoms with E-state index in [0.29, 0.717) is 10.6 Å². The average Bonchev–Trinajstić information content (AvgIpc) is 2.91. The van der Waals surface area contributed by atoms with Gasteiger partial charge in [-0.2, -0.15) is 0 Å². The lowest BCUT2D eigenvalue weighted by molar-refractivity contribution is -0.385. The van der Waals surface area contributed by atoms with E-state index >= 15 is 0 Å². The van der Waals surface area contributed by atoms with Crippen LogP contribution in [-0.2, 0) is 0 Å². The summed E-state index contributed by atoms with van der Waals surface area (Å²) in [5.41, 5.74) is -0.241. The molecule has 0 spiro atoms. The minimum absolute atomic E-state index is 0.0322. The summed E-state index contributed by atoms with van der Waals surface area (Å²) in [5.74, 6) is 0.142. The van der Waals surface area contributed by atoms with E-state index in [1.807, 2.05) is 0 Å². The largest absolute Gasteiger partial charge is 0.496 e. The lowest BCUT2D eigenvalue weighted by atomic mass is 10.2. The van der Waals surface area contributed by atoms with Crippen LogP contribution in [0.5, 0.6) is 11.5 Å². The number of rotatable bonds is 6. The zero-order valence-corrected chi connectivity index (χ0v) is 13.3. The van der Waals surface area contributed by atoms with Gasteiger partial charge in [0, 0.05) is 0 Å². The predicted octanol–water partition coefficient (Wildman–Crippen LogP) is 3.69. The molecule has 0 bridgehead atoms. The Hall–Kier alpha value is -1.93. The SMILES string of the molecule is COc1ccc(OCC(=O)c2ccc(Br)s2)c([N+](=O)[O-])c1. The number of carbonyl (C=O) groups is 1. The van der Waals surface area contributed by atoms with E-state index in [1.165, 1.54) is 36.6 Å². The van der Waals surface area contributed by atoms with Crippen molar-refractivity contribution in [3.63, 3.8) is 0 Å². The highest BCUT2D eigenvalue weighted by molar-refractivity contribution is 9.11. The van der Waals surface area contributed by atoms with Crippen molar-refractivity contribution in [1.82, 2.24) is 0 Å². The summed E-state index contributed by atoms with van der Waals surface area (Å²) in [6.07, 6.45) is 0. The number of halogens is 1. The van der Waals surface area contributed by atoms with Crippen LogP contribution >= 0.6 is 27.3 Å². The van der Waals surface area contributed by atoms with Crippen molar-refractivity contribution < 1.29 is 19.2 Å². The van der Waals surface area contributed by atoms with Crippen molar-refractivity contribution in [2.24, 2.45) is 0 Å². The molecule has 8 heteroatoms. The summed E-state index contributed by atoms with van der Waals surface area (Å²) in [6, 6.07) is 7.63. The molecule has 6 nitrogen and oxygen atoms in total. The molecule has 0 aliphatic rings. The van der Waals surface area contributed by atoms with Crippen LogP contribution in [0, 0.1) is 10.1 Å². The topological polar surface area (TPSA) is 78.7 Å². The third kappa shape index (κ3) is 3.79. The molecule has 1 aromatic carbocycles. The molecule has 0 aliphatic heterocycles. The van der Waals surface area contributed by atoms with E-state index in [9.17, 15) is 14.9 Å². The highest BCUT2D eigenvalue weighted by Crippen LogP contribution is 2.31. The van der Waals surface area contributed by atoms with Gasteiger partial charge in [-0.1, -0.05) is 0 Å². The highest BCUT2D eigenvalue weighted by Gasteiger charge is 2.18. The number of carbonyl (C=O) groups excluding carboxylic acids is 1. The molecule has 0 fully saturated rings. The summed E-state index contributed by atoms with van der Waals surface area (Å²) < 4.78 is 11.0. The van der Waals surface area contributed by atoms with Crippen LogP contribution in [0.25, 0.3) is 0 Å². The second-order valence-electron chi connectivity index (χ2n) is 3.91. The van der Waals surface area contributed by atoms with Gasteiger partial charge in [0.1, 0.15) is 5.75 Å². The zero-order valence-electron chi connectivity index (χ0n) is 10.9. The summed E-state index contributed by atoms with van der Waals surface area (Å²) >= 11 is 4.55. The minimum atomic E-state index is -0.579. The number of ether oxygens (including phenoxy) is 2. The molecular weight excluding hydrogens is 362 g/mol. The lowest BCUT2D eigenvalue weighted by Crippen LogP contribution is -2.11. The number of benzene rings is 1. The second-order valence-corrected chi connectivity index (χ2v) is 6.37. The molecular formula is C13H10BrNO5S. The molecule has 0 unspecified atom stereocenters. The fourth-order valence-corrected chi connectivity index (χ4v) is 2.88. The van der Waals surface area contributed by atoms with Gasteiger partial charge >= 0.3 is 5.69 Å². The van der Waals surface area contributed by atoms with Crippen LogP contribution in [0.4, 0.5) is 5.69 Å². The summed E-state index contributed by atoms with van der Waals surface area (Å²) in [4.78, 5) is 22.8. The standard InChI is InChI=1S/C13H10BrNO5S/c1-19-8-2-3-11(9(6-8)15(17)18)20-7-10(16)12-4-5-13(14)21-12/h2-6H,7H2,1H3. The molecule has 0 atom stereocenters. The van der Waals surface area contributed by atoms with Crippen molar-refractivity contribution in [3.05, 3.63) is 49.1 Å². The third-order valence-electron chi connectivity index (χ3n) is 2.57. The van der Waals surface area contributed by atoms with E-state index < -0.39 is 4.92 Å². The van der Waals surface area contributed by atoms with Crippen LogP contribution in [0.2, 0.25) is 0 Å². The first-order valence-corrected chi connectivity index (χ1v) is 7.36. The van der Waals surface area contributed by atoms with Crippen molar-refractivity contribution in [1.29, 1.82) is 0 Å². The first-order valence-electron chi connectivity index (χ1n) is 5.75. The summed E-state index contributed by atoms with van der Waals surface area (Å²) in [6.45, 7) is -0.264. The number of nitrogens with zero attached hydrogens (tertiary/aromatic N) is 1. The Morgan fingerprint density at radius 3 is 2.71 bits per heavy atom. The van der Waals surface area contributed by atoms with Gasteiger partial charge in [0.15, 0.2) is 12.4 Å². The van der Waals surface area contributed by atoms with Crippen LogP contribution < -0.4 is 9.47 Å². The smallest absolute Gasteiger partial charge is 0.314 e. The average molecular weight is 372 g/mol. The van der Waals surface area contributed by atoms with E-state index in [0.717, 1.165) is 3.79 Å². The zero-order chi connectivity index (χ0) is 15.4. The van der Waals surface area contributed by atoms with Gasteiger partial charge in [0.2, 0.25) is 5.78 Å². The number of nitro benzene ring substituents is 1. The number of hydrogen-bond acceptors (Lipinski definition) is 6. The Morgan fingerprint density at radius 2 is 2.14 bits per heavy atom. The highest BCUT2D eigenvalue weighted by atomic mass is 79.9. The van der Waals surface area contributed by atoms with E-state index in [1.54, 1.807) is 12.1 Å². The van der Waals surface area contributed by atoms with Crippen LogP contribution in [0.1, 0.15) is 9.67 Å². The predicted molar refractivity (Wildman–Crippen MR) is 81.5 cm³/mol. The molecule has 2 aromatic rings. The molecule has 1 heterocycles. The van der Waals surface area contributed by atoms with Crippen LogP contribution in [0.3, 0.4) is 0 Å². The molecule has 0 saturated heterocycles. The third-order valence-corrected chi connectivity index (χ3v) is 4.23. The number of ketones is 1. The molecule has 0 N–H and O–H groups in total. The first-order chi connectivity index (χ1) is 10.0. The maximum atomic E-state index is 11.9. The van der Waals surface area contributed by atoms with Crippen molar-refractivity contribution in [2.45, 2.75) is 0 Å². The maximum absolute atomic E-state index is 11.9. The van der Waals surface area contributed by atoms with Crippen molar-refractivity contribution in [2.75, 3.05) is 13.7 Å². The van der Waals surface area contributed by atoms with Crippen LogP contribution in [-0.4, -0.2) is 24.4 Å². The Labute approximate surface area is 132 Å². The minimum Gasteiger partial charge on any atom is -0.496 e. The van der Waals surface area contributed by atoms with Gasteiger partial charge in [-0.15, -0.1) is 11.3 Å². The van der Waals surface area contributed by atoms with Gasteiger partial charge in [-0.05, 0) is 40.2 Å². The molecule has 0 saturated carbocycles. The number of thiophene rings is 1. The Morgan fingerprint density at radius 1 is 1.38 bits per heavy atom. The first kappa shape index (κ1) is 15.5. The summed E-state index contributed by atoms with van der Waals surface area (Å²) in [5, 5.41) is 11.0. The molecule has 0 radical (unpaired) electrons. The maximum Gasteiger partial charge on any atom is 0.314 e. The number of hydrogen-bond donors (Lipinski definition) is 0. The lowest BCUT2D eigenvalue weighted by Gasteiger charge is -2.07. The van der Waals surface area contributed by atoms with E-state index in [4.69, 9.17) is 9.47 Å². The van der Waals surface area contributed by atoms with Gasteiger partial charge < -0.3 is 9.47 Å². The Bertz CT molecular complexity index is 685. The fourth-order valence-electron chi connectivity index (χ4n) is 1.57. The molecule has 1 aromatic heterocycles. The van der Waals surface area contributed by atoms with Gasteiger partial charge in [-0.25, -0.2) is 0 Å². The van der Waals surface area contributed by atoms with Gasteiger partial charge in [-0.3, -0.25) is 14.9 Å². The monoisotopic (exact) mass is 371 g/mol. The van der Waals surface area contributed by atoms with E-state index in [-0.39, 0.29) is 23.8 Å². The molecule has 21 heavy (non-hydrogen) atoms. The fraction of sp³-hybridized carbons (Fsp3) is 0.154. The normalized spacial score (nSPS) is 10.2. The molecule has 0 aliphatic carbocycles. The molecule has 2 rings (SSSR count). The Balaban J connectivity index is 2.12. The molecule has 0 amide bonds. The van der Waals surface area contributed by atoms with Gasteiger partial charge in [0.05, 0.1) is 26.8 Å². The number of methoxy groups -OCH3 is 1. The number of Topliss-reactive ketones (excluding diaryl/α,β-unsaturated/α-hetero) is 1. The quantitative estimate of drug-likeness (QED) is 0.439. The van der Waals surface area contributed by atoms with Crippen molar-refractivity contribution >= 4 is 38.7 Å². The van der Waals surface area contributed by atoms with Crippen LogP contribution in [0.15, 0.2) is 34.1 Å². The van der Waals surface area contributed by atoms with Gasteiger partial charge in [0.25, 0.3) is 0 Å². The molecule has 110 valence electrons.